The Labute approximate surface area is 131 Å². The summed E-state index contributed by atoms with van der Waals surface area (Å²) in [7, 11) is 0. The summed E-state index contributed by atoms with van der Waals surface area (Å²) in [5, 5.41) is 3.17. The number of fused-ring (bicyclic) bond motifs is 1. The van der Waals surface area contributed by atoms with Crippen LogP contribution in [0.2, 0.25) is 0 Å². The Kier molecular flexibility index (Phi) is 4.14. The number of amides is 1. The second kappa shape index (κ2) is 6.39. The number of aromatic nitrogens is 2. The van der Waals surface area contributed by atoms with Crippen molar-refractivity contribution >= 4 is 16.8 Å². The first-order chi connectivity index (χ1) is 11.1. The zero-order chi connectivity index (χ0) is 16.2. The molecule has 1 amide bonds. The molecule has 0 saturated carbocycles. The molecule has 0 bridgehead atoms. The Hall–Kier alpha value is -3.02. The van der Waals surface area contributed by atoms with E-state index in [0.717, 1.165) is 5.56 Å². The zero-order valence-corrected chi connectivity index (χ0v) is 12.2. The third kappa shape index (κ3) is 3.42. The molecule has 0 saturated heterocycles. The molecule has 0 radical (unpaired) electrons. The molecule has 0 aliphatic heterocycles. The van der Waals surface area contributed by atoms with Crippen LogP contribution in [-0.4, -0.2) is 15.5 Å². The molecule has 1 N–H and O–H groups in total. The molecular formula is C17H14FN3O2. The van der Waals surface area contributed by atoms with E-state index in [0.29, 0.717) is 10.9 Å². The van der Waals surface area contributed by atoms with Crippen LogP contribution in [0.15, 0.2) is 59.7 Å². The van der Waals surface area contributed by atoms with Crippen LogP contribution < -0.4 is 10.9 Å². The Balaban J connectivity index is 1.69. The van der Waals surface area contributed by atoms with Crippen LogP contribution in [0.3, 0.4) is 0 Å². The lowest BCUT2D eigenvalue weighted by atomic mass is 10.2. The average molecular weight is 311 g/mol. The largest absolute Gasteiger partial charge is 0.350 e. The number of nitrogens with one attached hydrogen (secondary N) is 1. The van der Waals surface area contributed by atoms with Crippen LogP contribution in [0.25, 0.3) is 10.9 Å². The fourth-order valence-corrected chi connectivity index (χ4v) is 2.23. The van der Waals surface area contributed by atoms with Crippen molar-refractivity contribution in [2.45, 2.75) is 13.1 Å². The molecule has 116 valence electrons. The summed E-state index contributed by atoms with van der Waals surface area (Å²) in [6.45, 7) is 0.159. The fourth-order valence-electron chi connectivity index (χ4n) is 2.23. The van der Waals surface area contributed by atoms with E-state index in [1.807, 2.05) is 0 Å². The molecular weight excluding hydrogens is 297 g/mol. The Morgan fingerprint density at radius 1 is 1.13 bits per heavy atom. The highest BCUT2D eigenvalue weighted by Gasteiger charge is 2.07. The van der Waals surface area contributed by atoms with Gasteiger partial charge in [-0.1, -0.05) is 24.3 Å². The lowest BCUT2D eigenvalue weighted by Gasteiger charge is -2.08. The van der Waals surface area contributed by atoms with Crippen LogP contribution in [0.4, 0.5) is 4.39 Å². The normalized spacial score (nSPS) is 10.7. The fraction of sp³-hybridized carbons (Fsp3) is 0.118. The maximum Gasteiger partial charge on any atom is 0.261 e. The van der Waals surface area contributed by atoms with Crippen LogP contribution in [-0.2, 0) is 17.9 Å². The highest BCUT2D eigenvalue weighted by Crippen LogP contribution is 2.05. The topological polar surface area (TPSA) is 64.0 Å². The molecule has 0 aliphatic carbocycles. The monoisotopic (exact) mass is 311 g/mol. The molecule has 3 rings (SSSR count). The number of benzene rings is 2. The van der Waals surface area contributed by atoms with Crippen LogP contribution in [0.1, 0.15) is 5.56 Å². The van der Waals surface area contributed by atoms with E-state index in [2.05, 4.69) is 10.3 Å². The molecule has 3 aromatic rings. The first-order valence-corrected chi connectivity index (χ1v) is 7.09. The van der Waals surface area contributed by atoms with Crippen molar-refractivity contribution in [3.63, 3.8) is 0 Å². The number of halogens is 1. The highest BCUT2D eigenvalue weighted by atomic mass is 19.1. The van der Waals surface area contributed by atoms with Gasteiger partial charge in [-0.15, -0.1) is 0 Å². The lowest BCUT2D eigenvalue weighted by molar-refractivity contribution is -0.121. The number of rotatable bonds is 4. The SMILES string of the molecule is O=C(Cn1cnc2ccccc2c1=O)NCc1ccc(F)cc1. The highest BCUT2D eigenvalue weighted by molar-refractivity contribution is 5.78. The summed E-state index contributed by atoms with van der Waals surface area (Å²) in [6.07, 6.45) is 1.36. The maximum absolute atomic E-state index is 12.8. The zero-order valence-electron chi connectivity index (χ0n) is 12.2. The quantitative estimate of drug-likeness (QED) is 0.800. The summed E-state index contributed by atoms with van der Waals surface area (Å²) in [6, 6.07) is 12.8. The van der Waals surface area contributed by atoms with Gasteiger partial charge < -0.3 is 5.32 Å². The average Bonchev–Trinajstić information content (AvgIpc) is 2.57. The number of nitrogens with zero attached hydrogens (tertiary/aromatic N) is 2. The van der Waals surface area contributed by atoms with Crippen LogP contribution in [0, 0.1) is 5.82 Å². The van der Waals surface area contributed by atoms with E-state index < -0.39 is 0 Å². The van der Waals surface area contributed by atoms with E-state index in [1.54, 1.807) is 36.4 Å². The molecule has 0 atom stereocenters. The molecule has 23 heavy (non-hydrogen) atoms. The summed E-state index contributed by atoms with van der Waals surface area (Å²) in [5.41, 5.74) is 1.12. The number of hydrogen-bond donors (Lipinski definition) is 1. The van der Waals surface area contributed by atoms with Gasteiger partial charge in [0.2, 0.25) is 5.91 Å². The van der Waals surface area contributed by atoms with Gasteiger partial charge in [-0.2, -0.15) is 0 Å². The van der Waals surface area contributed by atoms with E-state index in [4.69, 9.17) is 0 Å². The maximum atomic E-state index is 12.8. The second-order valence-corrected chi connectivity index (χ2v) is 5.10. The third-order valence-corrected chi connectivity index (χ3v) is 3.45. The molecule has 0 aliphatic rings. The smallest absolute Gasteiger partial charge is 0.261 e. The molecule has 1 heterocycles. The van der Waals surface area contributed by atoms with Crippen molar-refractivity contribution in [1.29, 1.82) is 0 Å². The van der Waals surface area contributed by atoms with Gasteiger partial charge in [0.15, 0.2) is 0 Å². The Morgan fingerprint density at radius 2 is 1.87 bits per heavy atom. The summed E-state index contributed by atoms with van der Waals surface area (Å²) < 4.78 is 14.1. The Bertz CT molecular complexity index is 904. The predicted octanol–water partition coefficient (Wildman–Crippen LogP) is 1.85. The molecule has 2 aromatic carbocycles. The second-order valence-electron chi connectivity index (χ2n) is 5.10. The third-order valence-electron chi connectivity index (χ3n) is 3.45. The first kappa shape index (κ1) is 14.9. The van der Waals surface area contributed by atoms with E-state index in [-0.39, 0.29) is 30.4 Å². The van der Waals surface area contributed by atoms with Crippen molar-refractivity contribution in [3.05, 3.63) is 76.6 Å². The van der Waals surface area contributed by atoms with E-state index in [1.165, 1.54) is 23.0 Å². The summed E-state index contributed by atoms with van der Waals surface area (Å²) in [4.78, 5) is 28.4. The minimum atomic E-state index is -0.325. The lowest BCUT2D eigenvalue weighted by Crippen LogP contribution is -2.32. The van der Waals surface area contributed by atoms with Gasteiger partial charge in [0, 0.05) is 6.54 Å². The van der Waals surface area contributed by atoms with E-state index >= 15 is 0 Å². The standard InChI is InChI=1S/C17H14FN3O2/c18-13-7-5-12(6-8-13)9-19-16(22)10-21-11-20-15-4-2-1-3-14(15)17(21)23/h1-8,11H,9-10H2,(H,19,22). The summed E-state index contributed by atoms with van der Waals surface area (Å²) >= 11 is 0. The van der Waals surface area contributed by atoms with Gasteiger partial charge in [0.1, 0.15) is 12.4 Å². The minimum absolute atomic E-state index is 0.113. The predicted molar refractivity (Wildman–Crippen MR) is 84.2 cm³/mol. The molecule has 6 heteroatoms. The van der Waals surface area contributed by atoms with Crippen molar-refractivity contribution in [2.75, 3.05) is 0 Å². The minimum Gasteiger partial charge on any atom is -0.350 e. The van der Waals surface area contributed by atoms with Gasteiger partial charge in [-0.25, -0.2) is 9.37 Å². The van der Waals surface area contributed by atoms with Crippen molar-refractivity contribution in [3.8, 4) is 0 Å². The van der Waals surface area contributed by atoms with Crippen LogP contribution >= 0.6 is 0 Å². The molecule has 5 nitrogen and oxygen atoms in total. The van der Waals surface area contributed by atoms with Crippen LogP contribution in [0.5, 0.6) is 0 Å². The molecule has 1 aromatic heterocycles. The molecule has 0 fully saturated rings. The number of hydrogen-bond acceptors (Lipinski definition) is 3. The number of carbonyl (C=O) groups is 1. The number of para-hydroxylation sites is 1. The van der Waals surface area contributed by atoms with Gasteiger partial charge in [0.05, 0.1) is 17.2 Å². The first-order valence-electron chi connectivity index (χ1n) is 7.09. The Morgan fingerprint density at radius 3 is 2.65 bits per heavy atom. The van der Waals surface area contributed by atoms with Gasteiger partial charge >= 0.3 is 0 Å². The summed E-state index contributed by atoms with van der Waals surface area (Å²) in [5.74, 6) is -0.637. The van der Waals surface area contributed by atoms with Crippen molar-refractivity contribution in [1.82, 2.24) is 14.9 Å². The van der Waals surface area contributed by atoms with Gasteiger partial charge in [0.25, 0.3) is 5.56 Å². The van der Waals surface area contributed by atoms with E-state index in [9.17, 15) is 14.0 Å². The molecule has 0 spiro atoms. The van der Waals surface area contributed by atoms with Crippen molar-refractivity contribution < 1.29 is 9.18 Å². The number of carbonyl (C=O) groups excluding carboxylic acids is 1. The molecule has 0 unspecified atom stereocenters. The van der Waals surface area contributed by atoms with Gasteiger partial charge in [-0.05, 0) is 29.8 Å². The van der Waals surface area contributed by atoms with Crippen molar-refractivity contribution in [2.24, 2.45) is 0 Å². The van der Waals surface area contributed by atoms with Gasteiger partial charge in [-0.3, -0.25) is 14.2 Å².